The third-order valence-electron chi connectivity index (χ3n) is 2.58. The monoisotopic (exact) mass is 275 g/mol. The molecule has 0 aliphatic heterocycles. The second kappa shape index (κ2) is 5.96. The Morgan fingerprint density at radius 3 is 2.55 bits per heavy atom. The van der Waals surface area contributed by atoms with Crippen LogP contribution in [0.5, 0.6) is 0 Å². The van der Waals surface area contributed by atoms with Gasteiger partial charge in [-0.3, -0.25) is 9.59 Å². The molecule has 0 bridgehead atoms. The van der Waals surface area contributed by atoms with Crippen LogP contribution in [0.2, 0.25) is 0 Å². The van der Waals surface area contributed by atoms with Crippen molar-refractivity contribution in [3.8, 4) is 0 Å². The highest BCUT2D eigenvalue weighted by Crippen LogP contribution is 2.16. The number of benzene rings is 1. The molecular weight excluding hydrogens is 262 g/mol. The van der Waals surface area contributed by atoms with Crippen LogP contribution in [0.25, 0.3) is 0 Å². The summed E-state index contributed by atoms with van der Waals surface area (Å²) in [6.07, 6.45) is -0.169. The SMILES string of the molecule is Cc1nc(C(=O)N(CCC(=O)O)c2ccccc2)no1. The first-order chi connectivity index (χ1) is 9.58. The number of anilines is 1. The lowest BCUT2D eigenvalue weighted by molar-refractivity contribution is -0.136. The van der Waals surface area contributed by atoms with Crippen molar-refractivity contribution in [3.63, 3.8) is 0 Å². The maximum atomic E-state index is 12.3. The number of carboxylic acids is 1. The molecule has 0 radical (unpaired) electrons. The third kappa shape index (κ3) is 3.19. The molecule has 0 aliphatic carbocycles. The van der Waals surface area contributed by atoms with E-state index in [9.17, 15) is 9.59 Å². The van der Waals surface area contributed by atoms with Crippen LogP contribution in [0.15, 0.2) is 34.9 Å². The minimum atomic E-state index is -0.983. The number of amides is 1. The molecule has 1 amide bonds. The molecule has 0 saturated heterocycles. The summed E-state index contributed by atoms with van der Waals surface area (Å²) in [4.78, 5) is 28.2. The molecule has 0 spiro atoms. The summed E-state index contributed by atoms with van der Waals surface area (Å²) in [6, 6.07) is 8.76. The van der Waals surface area contributed by atoms with Crippen LogP contribution in [-0.2, 0) is 4.79 Å². The Morgan fingerprint density at radius 1 is 1.30 bits per heavy atom. The first-order valence-electron chi connectivity index (χ1n) is 5.97. The van der Waals surface area contributed by atoms with Crippen molar-refractivity contribution in [2.24, 2.45) is 0 Å². The Bertz CT molecular complexity index is 609. The molecule has 0 fully saturated rings. The fraction of sp³-hybridized carbons (Fsp3) is 0.231. The van der Waals surface area contributed by atoms with Crippen molar-refractivity contribution in [3.05, 3.63) is 42.0 Å². The molecule has 1 aromatic carbocycles. The number of hydrogen-bond donors (Lipinski definition) is 1. The molecule has 0 saturated carbocycles. The van der Waals surface area contributed by atoms with E-state index in [-0.39, 0.29) is 24.7 Å². The number of aromatic nitrogens is 2. The molecule has 1 N–H and O–H groups in total. The molecule has 0 aliphatic rings. The minimum Gasteiger partial charge on any atom is -0.481 e. The Kier molecular flexibility index (Phi) is 4.09. The Morgan fingerprint density at radius 2 is 2.00 bits per heavy atom. The van der Waals surface area contributed by atoms with Gasteiger partial charge in [0.1, 0.15) is 0 Å². The summed E-state index contributed by atoms with van der Waals surface area (Å²) in [5.74, 6) is -1.28. The molecular formula is C13H13N3O4. The van der Waals surface area contributed by atoms with Crippen LogP contribution in [-0.4, -0.2) is 33.7 Å². The number of rotatable bonds is 5. The normalized spacial score (nSPS) is 10.2. The number of nitrogens with zero attached hydrogens (tertiary/aromatic N) is 3. The van der Waals surface area contributed by atoms with E-state index >= 15 is 0 Å². The number of hydrogen-bond acceptors (Lipinski definition) is 5. The topological polar surface area (TPSA) is 96.5 Å². The van der Waals surface area contributed by atoms with Crippen LogP contribution in [0, 0.1) is 6.92 Å². The number of aliphatic carboxylic acids is 1. The number of carbonyl (C=O) groups is 2. The molecule has 1 heterocycles. The van der Waals surface area contributed by atoms with Gasteiger partial charge in [0, 0.05) is 19.2 Å². The zero-order chi connectivity index (χ0) is 14.5. The molecule has 2 aromatic rings. The zero-order valence-corrected chi connectivity index (χ0v) is 10.8. The quantitative estimate of drug-likeness (QED) is 0.888. The fourth-order valence-corrected chi connectivity index (χ4v) is 1.67. The largest absolute Gasteiger partial charge is 0.481 e. The summed E-state index contributed by atoms with van der Waals surface area (Å²) in [7, 11) is 0. The molecule has 7 heteroatoms. The van der Waals surface area contributed by atoms with Gasteiger partial charge in [-0.15, -0.1) is 0 Å². The average molecular weight is 275 g/mol. The lowest BCUT2D eigenvalue weighted by Gasteiger charge is -2.20. The van der Waals surface area contributed by atoms with Crippen LogP contribution in [0.1, 0.15) is 22.9 Å². The van der Waals surface area contributed by atoms with Gasteiger partial charge in [0.05, 0.1) is 6.42 Å². The third-order valence-corrected chi connectivity index (χ3v) is 2.58. The fourth-order valence-electron chi connectivity index (χ4n) is 1.67. The summed E-state index contributed by atoms with van der Waals surface area (Å²) in [5.41, 5.74) is 0.584. The van der Waals surface area contributed by atoms with Crippen molar-refractivity contribution >= 4 is 17.6 Å². The Hall–Kier alpha value is -2.70. The van der Waals surface area contributed by atoms with Gasteiger partial charge in [0.2, 0.25) is 5.89 Å². The van der Waals surface area contributed by atoms with E-state index in [4.69, 9.17) is 9.63 Å². The number of aryl methyl sites for hydroxylation is 1. The molecule has 0 atom stereocenters. The molecule has 0 unspecified atom stereocenters. The van der Waals surface area contributed by atoms with E-state index < -0.39 is 11.9 Å². The standard InChI is InChI=1S/C13H13N3O4/c1-9-14-12(15-20-9)13(19)16(8-7-11(17)18)10-5-3-2-4-6-10/h2-6H,7-8H2,1H3,(H,17,18). The second-order valence-electron chi connectivity index (χ2n) is 4.07. The summed E-state index contributed by atoms with van der Waals surface area (Å²) in [6.45, 7) is 1.61. The molecule has 104 valence electrons. The smallest absolute Gasteiger partial charge is 0.305 e. The highest BCUT2D eigenvalue weighted by molar-refractivity contribution is 6.03. The number of para-hydroxylation sites is 1. The summed E-state index contributed by atoms with van der Waals surface area (Å²) in [5, 5.41) is 12.3. The van der Waals surface area contributed by atoms with Gasteiger partial charge in [-0.25, -0.2) is 0 Å². The molecule has 20 heavy (non-hydrogen) atoms. The predicted octanol–water partition coefficient (Wildman–Crippen LogP) is 1.50. The van der Waals surface area contributed by atoms with Gasteiger partial charge in [0.15, 0.2) is 0 Å². The minimum absolute atomic E-state index is 0.0335. The Balaban J connectivity index is 2.26. The lowest BCUT2D eigenvalue weighted by Crippen LogP contribution is -2.33. The second-order valence-corrected chi connectivity index (χ2v) is 4.07. The molecule has 7 nitrogen and oxygen atoms in total. The maximum Gasteiger partial charge on any atom is 0.305 e. The number of carboxylic acid groups (broad SMARTS) is 1. The average Bonchev–Trinajstić information content (AvgIpc) is 2.86. The Labute approximate surface area is 114 Å². The summed E-state index contributed by atoms with van der Waals surface area (Å²) < 4.78 is 4.77. The van der Waals surface area contributed by atoms with Crippen LogP contribution in [0.3, 0.4) is 0 Å². The molecule has 2 rings (SSSR count). The van der Waals surface area contributed by atoms with E-state index in [2.05, 4.69) is 10.1 Å². The van der Waals surface area contributed by atoms with Crippen LogP contribution in [0.4, 0.5) is 5.69 Å². The highest BCUT2D eigenvalue weighted by atomic mass is 16.5. The molecule has 1 aromatic heterocycles. The van der Waals surface area contributed by atoms with Crippen LogP contribution < -0.4 is 4.90 Å². The number of carbonyl (C=O) groups excluding carboxylic acids is 1. The summed E-state index contributed by atoms with van der Waals surface area (Å²) >= 11 is 0. The van der Waals surface area contributed by atoms with Gasteiger partial charge in [-0.2, -0.15) is 4.98 Å². The maximum absolute atomic E-state index is 12.3. The van der Waals surface area contributed by atoms with Gasteiger partial charge in [0.25, 0.3) is 11.7 Å². The predicted molar refractivity (Wildman–Crippen MR) is 69.4 cm³/mol. The van der Waals surface area contributed by atoms with Gasteiger partial charge in [-0.05, 0) is 12.1 Å². The lowest BCUT2D eigenvalue weighted by atomic mass is 10.2. The van der Waals surface area contributed by atoms with Crippen molar-refractivity contribution < 1.29 is 19.2 Å². The van der Waals surface area contributed by atoms with E-state index in [1.54, 1.807) is 31.2 Å². The zero-order valence-electron chi connectivity index (χ0n) is 10.8. The van der Waals surface area contributed by atoms with E-state index in [1.165, 1.54) is 4.90 Å². The van der Waals surface area contributed by atoms with Crippen molar-refractivity contribution in [1.29, 1.82) is 0 Å². The van der Waals surface area contributed by atoms with E-state index in [0.29, 0.717) is 5.69 Å². The van der Waals surface area contributed by atoms with Crippen molar-refractivity contribution in [2.45, 2.75) is 13.3 Å². The van der Waals surface area contributed by atoms with E-state index in [0.717, 1.165) is 0 Å². The van der Waals surface area contributed by atoms with Crippen molar-refractivity contribution in [1.82, 2.24) is 10.1 Å². The van der Waals surface area contributed by atoms with Crippen molar-refractivity contribution in [2.75, 3.05) is 11.4 Å². The van der Waals surface area contributed by atoms with E-state index in [1.807, 2.05) is 6.07 Å². The highest BCUT2D eigenvalue weighted by Gasteiger charge is 2.22. The van der Waals surface area contributed by atoms with Gasteiger partial charge >= 0.3 is 5.97 Å². The van der Waals surface area contributed by atoms with Crippen LogP contribution >= 0.6 is 0 Å². The van der Waals surface area contributed by atoms with Gasteiger partial charge in [-0.1, -0.05) is 23.4 Å². The first kappa shape index (κ1) is 13.7. The first-order valence-corrected chi connectivity index (χ1v) is 5.97. The van der Waals surface area contributed by atoms with Gasteiger partial charge < -0.3 is 14.5 Å².